The monoisotopic (exact) mass is 360 g/mol. The van der Waals surface area contributed by atoms with E-state index in [0.29, 0.717) is 11.1 Å². The molecule has 26 heavy (non-hydrogen) atoms. The van der Waals surface area contributed by atoms with Crippen molar-refractivity contribution in [2.75, 3.05) is 0 Å². The smallest absolute Gasteiger partial charge is 0.387 e. The lowest BCUT2D eigenvalue weighted by Crippen LogP contribution is -2.31. The molecule has 0 aromatic heterocycles. The number of nitrogens with two attached hydrogens (primary N) is 1. The summed E-state index contributed by atoms with van der Waals surface area (Å²) in [7, 11) is 0. The first-order valence-electron chi connectivity index (χ1n) is 8.22. The lowest BCUT2D eigenvalue weighted by Gasteiger charge is -2.27. The van der Waals surface area contributed by atoms with Gasteiger partial charge in [0.15, 0.2) is 0 Å². The zero-order valence-electron chi connectivity index (χ0n) is 13.9. The number of alkyl halides is 2. The van der Waals surface area contributed by atoms with Crippen LogP contribution in [0, 0.1) is 0 Å². The normalized spacial score (nSPS) is 16.0. The van der Waals surface area contributed by atoms with E-state index in [9.17, 15) is 18.4 Å². The third kappa shape index (κ3) is 3.99. The second-order valence-corrected chi connectivity index (χ2v) is 6.10. The Balaban J connectivity index is 1.75. The van der Waals surface area contributed by atoms with Gasteiger partial charge in [-0.2, -0.15) is 8.78 Å². The minimum Gasteiger partial charge on any atom is -0.435 e. The highest BCUT2D eigenvalue weighted by Crippen LogP contribution is 2.32. The van der Waals surface area contributed by atoms with Crippen molar-refractivity contribution in [2.45, 2.75) is 31.9 Å². The summed E-state index contributed by atoms with van der Waals surface area (Å²) in [4.78, 5) is 23.6. The van der Waals surface area contributed by atoms with Gasteiger partial charge in [0, 0.05) is 11.1 Å². The fourth-order valence-electron chi connectivity index (χ4n) is 3.14. The van der Waals surface area contributed by atoms with Crippen LogP contribution in [0.25, 0.3) is 0 Å². The molecule has 0 unspecified atom stereocenters. The van der Waals surface area contributed by atoms with Crippen LogP contribution in [0.3, 0.4) is 0 Å². The zero-order chi connectivity index (χ0) is 18.7. The number of nitrogens with one attached hydrogen (secondary N) is 1. The molecule has 2 amide bonds. The second kappa shape index (κ2) is 7.51. The maximum Gasteiger partial charge on any atom is 0.387 e. The van der Waals surface area contributed by atoms with E-state index >= 15 is 0 Å². The molecule has 1 atom stereocenters. The van der Waals surface area contributed by atoms with E-state index < -0.39 is 12.5 Å². The molecule has 0 radical (unpaired) electrons. The predicted octanol–water partition coefficient (Wildman–Crippen LogP) is 3.19. The van der Waals surface area contributed by atoms with Crippen LogP contribution in [-0.2, 0) is 6.42 Å². The molecule has 0 aliphatic heterocycles. The number of hydrogen-bond acceptors (Lipinski definition) is 3. The number of hydrogen-bond donors (Lipinski definition) is 2. The Bertz CT molecular complexity index is 822. The third-order valence-corrected chi connectivity index (χ3v) is 4.39. The number of halogens is 2. The van der Waals surface area contributed by atoms with Gasteiger partial charge in [-0.3, -0.25) is 9.59 Å². The van der Waals surface area contributed by atoms with Crippen LogP contribution in [0.1, 0.15) is 50.7 Å². The first kappa shape index (κ1) is 17.8. The molecule has 2 aromatic rings. The Morgan fingerprint density at radius 3 is 2.46 bits per heavy atom. The molecule has 0 fully saturated rings. The van der Waals surface area contributed by atoms with Gasteiger partial charge in [-0.1, -0.05) is 6.07 Å². The maximum absolute atomic E-state index is 12.5. The fourth-order valence-corrected chi connectivity index (χ4v) is 3.14. The quantitative estimate of drug-likeness (QED) is 0.859. The van der Waals surface area contributed by atoms with E-state index in [4.69, 9.17) is 5.73 Å². The summed E-state index contributed by atoms with van der Waals surface area (Å²) in [5, 5.41) is 2.96. The van der Waals surface area contributed by atoms with Gasteiger partial charge in [-0.15, -0.1) is 0 Å². The maximum atomic E-state index is 12.5. The summed E-state index contributed by atoms with van der Waals surface area (Å²) in [5.74, 6) is -0.709. The molecule has 1 aliphatic carbocycles. The lowest BCUT2D eigenvalue weighted by atomic mass is 9.87. The van der Waals surface area contributed by atoms with Crippen molar-refractivity contribution in [1.29, 1.82) is 0 Å². The van der Waals surface area contributed by atoms with Gasteiger partial charge < -0.3 is 15.8 Å². The molecule has 0 saturated heterocycles. The van der Waals surface area contributed by atoms with E-state index in [-0.39, 0.29) is 17.7 Å². The van der Waals surface area contributed by atoms with Gasteiger partial charge in [-0.05, 0) is 66.8 Å². The molecule has 3 N–H and O–H groups in total. The number of benzene rings is 2. The summed E-state index contributed by atoms with van der Waals surface area (Å²) in [5.41, 5.74) is 7.73. The number of primary amides is 1. The van der Waals surface area contributed by atoms with Crippen LogP contribution < -0.4 is 15.8 Å². The highest BCUT2D eigenvalue weighted by Gasteiger charge is 2.23. The summed E-state index contributed by atoms with van der Waals surface area (Å²) < 4.78 is 29.2. The van der Waals surface area contributed by atoms with Crippen LogP contribution >= 0.6 is 0 Å². The second-order valence-electron chi connectivity index (χ2n) is 6.10. The SMILES string of the molecule is NC(=O)c1ccc(C(=O)N[C@H]2CCCc3cc(OC(F)F)ccc32)cc1. The molecule has 0 heterocycles. The van der Waals surface area contributed by atoms with E-state index in [2.05, 4.69) is 10.1 Å². The van der Waals surface area contributed by atoms with Crippen LogP contribution in [-0.4, -0.2) is 18.4 Å². The number of fused-ring (bicyclic) bond motifs is 1. The Morgan fingerprint density at radius 2 is 1.81 bits per heavy atom. The number of carbonyl (C=O) groups is 2. The molecule has 1 aliphatic rings. The highest BCUT2D eigenvalue weighted by molar-refractivity contribution is 5.97. The molecular formula is C19H18F2N2O3. The van der Waals surface area contributed by atoms with Crippen molar-refractivity contribution in [3.05, 3.63) is 64.7 Å². The van der Waals surface area contributed by atoms with Gasteiger partial charge in [0.25, 0.3) is 5.91 Å². The number of ether oxygens (including phenoxy) is 1. The molecule has 2 aromatic carbocycles. The summed E-state index contributed by atoms with van der Waals surface area (Å²) in [6.45, 7) is -2.87. The molecule has 136 valence electrons. The predicted molar refractivity (Wildman–Crippen MR) is 91.2 cm³/mol. The standard InChI is InChI=1S/C19H18F2N2O3/c20-19(21)26-14-8-9-15-13(10-14)2-1-3-16(15)23-18(25)12-6-4-11(5-7-12)17(22)24/h4-10,16,19H,1-3H2,(H2,22,24)(H,23,25)/t16-/m0/s1. The van der Waals surface area contributed by atoms with E-state index in [1.54, 1.807) is 24.3 Å². The van der Waals surface area contributed by atoms with Crippen LogP contribution in [0.5, 0.6) is 5.75 Å². The van der Waals surface area contributed by atoms with Crippen molar-refractivity contribution in [2.24, 2.45) is 5.73 Å². The lowest BCUT2D eigenvalue weighted by molar-refractivity contribution is -0.0499. The Hall–Kier alpha value is -2.96. The largest absolute Gasteiger partial charge is 0.435 e. The van der Waals surface area contributed by atoms with Crippen molar-refractivity contribution in [1.82, 2.24) is 5.32 Å². The Labute approximate surface area is 149 Å². The fraction of sp³-hybridized carbons (Fsp3) is 0.263. The molecule has 5 nitrogen and oxygen atoms in total. The molecule has 0 spiro atoms. The van der Waals surface area contributed by atoms with Crippen LogP contribution in [0.2, 0.25) is 0 Å². The van der Waals surface area contributed by atoms with E-state index in [1.165, 1.54) is 18.2 Å². The van der Waals surface area contributed by atoms with Gasteiger partial charge >= 0.3 is 6.61 Å². The average Bonchev–Trinajstić information content (AvgIpc) is 2.61. The first-order valence-corrected chi connectivity index (χ1v) is 8.22. The minimum absolute atomic E-state index is 0.118. The zero-order valence-corrected chi connectivity index (χ0v) is 13.9. The highest BCUT2D eigenvalue weighted by atomic mass is 19.3. The molecule has 3 rings (SSSR count). The van der Waals surface area contributed by atoms with Gasteiger partial charge in [-0.25, -0.2) is 0 Å². The van der Waals surface area contributed by atoms with Gasteiger partial charge in [0.05, 0.1) is 6.04 Å². The summed E-state index contributed by atoms with van der Waals surface area (Å²) in [6.07, 6.45) is 2.33. The summed E-state index contributed by atoms with van der Waals surface area (Å²) in [6, 6.07) is 10.7. The third-order valence-electron chi connectivity index (χ3n) is 4.39. The molecule has 0 bridgehead atoms. The number of amides is 2. The number of aryl methyl sites for hydroxylation is 1. The molecule has 0 saturated carbocycles. The van der Waals surface area contributed by atoms with Gasteiger partial charge in [0.1, 0.15) is 5.75 Å². The minimum atomic E-state index is -2.87. The number of rotatable bonds is 5. The van der Waals surface area contributed by atoms with Crippen LogP contribution in [0.4, 0.5) is 8.78 Å². The van der Waals surface area contributed by atoms with E-state index in [1.807, 2.05) is 0 Å². The van der Waals surface area contributed by atoms with Crippen molar-refractivity contribution in [3.63, 3.8) is 0 Å². The van der Waals surface area contributed by atoms with Crippen molar-refractivity contribution in [3.8, 4) is 5.75 Å². The topological polar surface area (TPSA) is 81.4 Å². The number of carbonyl (C=O) groups excluding carboxylic acids is 2. The molecule has 7 heteroatoms. The Kier molecular flexibility index (Phi) is 5.16. The summed E-state index contributed by atoms with van der Waals surface area (Å²) >= 11 is 0. The molecular weight excluding hydrogens is 342 g/mol. The van der Waals surface area contributed by atoms with Crippen molar-refractivity contribution < 1.29 is 23.1 Å². The van der Waals surface area contributed by atoms with Crippen molar-refractivity contribution >= 4 is 11.8 Å². The average molecular weight is 360 g/mol. The first-order chi connectivity index (χ1) is 12.4. The van der Waals surface area contributed by atoms with Crippen LogP contribution in [0.15, 0.2) is 42.5 Å². The van der Waals surface area contributed by atoms with E-state index in [0.717, 1.165) is 30.4 Å². The van der Waals surface area contributed by atoms with Gasteiger partial charge in [0.2, 0.25) is 5.91 Å². The Morgan fingerprint density at radius 1 is 1.12 bits per heavy atom.